The quantitative estimate of drug-likeness (QED) is 0.602. The second kappa shape index (κ2) is 5.93. The standard InChI is InChI=1S/C18H19N5OS/c1-11-16(23-13-8-4-5-9-14(13)25-18(23)20-11)17-22-21-15(24-17)10-19-12-6-2-3-7-12/h4-5,8-9,12,19H,2-3,6-7,10H2,1H3. The third kappa shape index (κ3) is 2.54. The maximum Gasteiger partial charge on any atom is 0.266 e. The van der Waals surface area contributed by atoms with Crippen molar-refractivity contribution in [2.45, 2.75) is 45.2 Å². The molecule has 128 valence electrons. The molecular formula is C18H19N5OS. The highest BCUT2D eigenvalue weighted by molar-refractivity contribution is 7.23. The molecular weight excluding hydrogens is 334 g/mol. The van der Waals surface area contributed by atoms with Crippen molar-refractivity contribution in [2.24, 2.45) is 0 Å². The molecule has 0 spiro atoms. The van der Waals surface area contributed by atoms with Crippen molar-refractivity contribution < 1.29 is 4.42 Å². The van der Waals surface area contributed by atoms with Crippen LogP contribution in [0.5, 0.6) is 0 Å². The predicted molar refractivity (Wildman–Crippen MR) is 97.7 cm³/mol. The molecule has 6 nitrogen and oxygen atoms in total. The summed E-state index contributed by atoms with van der Waals surface area (Å²) < 4.78 is 9.28. The first-order valence-electron chi connectivity index (χ1n) is 8.72. The number of fused-ring (bicyclic) bond motifs is 3. The topological polar surface area (TPSA) is 68.2 Å². The maximum absolute atomic E-state index is 5.95. The molecule has 0 aliphatic heterocycles. The van der Waals surface area contributed by atoms with Crippen molar-refractivity contribution in [2.75, 3.05) is 0 Å². The number of rotatable bonds is 4. The number of para-hydroxylation sites is 1. The van der Waals surface area contributed by atoms with Gasteiger partial charge in [-0.15, -0.1) is 10.2 Å². The molecule has 0 unspecified atom stereocenters. The van der Waals surface area contributed by atoms with E-state index in [1.54, 1.807) is 11.3 Å². The van der Waals surface area contributed by atoms with Crippen LogP contribution in [0.1, 0.15) is 37.3 Å². The highest BCUT2D eigenvalue weighted by Gasteiger charge is 2.21. The van der Waals surface area contributed by atoms with Crippen molar-refractivity contribution >= 4 is 26.5 Å². The van der Waals surface area contributed by atoms with Gasteiger partial charge in [-0.3, -0.25) is 4.40 Å². The van der Waals surface area contributed by atoms with E-state index in [0.29, 0.717) is 24.4 Å². The monoisotopic (exact) mass is 353 g/mol. The molecule has 1 aromatic carbocycles. The third-order valence-corrected chi connectivity index (χ3v) is 5.92. The van der Waals surface area contributed by atoms with Crippen LogP contribution >= 0.6 is 11.3 Å². The van der Waals surface area contributed by atoms with Crippen LogP contribution in [0.4, 0.5) is 0 Å². The first-order chi connectivity index (χ1) is 12.3. The molecule has 4 aromatic rings. The fourth-order valence-electron chi connectivity index (χ4n) is 3.66. The van der Waals surface area contributed by atoms with Crippen molar-refractivity contribution in [1.29, 1.82) is 0 Å². The van der Waals surface area contributed by atoms with Crippen LogP contribution in [0.2, 0.25) is 0 Å². The molecule has 0 radical (unpaired) electrons. The van der Waals surface area contributed by atoms with E-state index in [2.05, 4.69) is 37.0 Å². The third-order valence-electron chi connectivity index (χ3n) is 4.89. The van der Waals surface area contributed by atoms with E-state index < -0.39 is 0 Å². The fraction of sp³-hybridized carbons (Fsp3) is 0.389. The van der Waals surface area contributed by atoms with E-state index >= 15 is 0 Å². The lowest BCUT2D eigenvalue weighted by molar-refractivity contribution is 0.439. The Hall–Kier alpha value is -2.25. The lowest BCUT2D eigenvalue weighted by Gasteiger charge is -2.08. The number of aromatic nitrogens is 4. The van der Waals surface area contributed by atoms with Crippen molar-refractivity contribution in [1.82, 2.24) is 24.9 Å². The second-order valence-electron chi connectivity index (χ2n) is 6.60. The van der Waals surface area contributed by atoms with E-state index in [4.69, 9.17) is 4.42 Å². The van der Waals surface area contributed by atoms with Gasteiger partial charge in [0.1, 0.15) is 5.69 Å². The molecule has 3 heterocycles. The van der Waals surface area contributed by atoms with Gasteiger partial charge in [-0.2, -0.15) is 0 Å². The highest BCUT2D eigenvalue weighted by atomic mass is 32.1. The Balaban J connectivity index is 1.51. The predicted octanol–water partition coefficient (Wildman–Crippen LogP) is 3.94. The van der Waals surface area contributed by atoms with Gasteiger partial charge in [0.25, 0.3) is 5.89 Å². The maximum atomic E-state index is 5.95. The van der Waals surface area contributed by atoms with Crippen LogP contribution < -0.4 is 5.32 Å². The number of imidazole rings is 1. The Morgan fingerprint density at radius 1 is 1.24 bits per heavy atom. The van der Waals surface area contributed by atoms with E-state index in [1.807, 2.05) is 19.1 Å². The Bertz CT molecular complexity index is 1040. The molecule has 1 fully saturated rings. The first-order valence-corrected chi connectivity index (χ1v) is 9.54. The molecule has 1 saturated carbocycles. The zero-order chi connectivity index (χ0) is 16.8. The van der Waals surface area contributed by atoms with Crippen LogP contribution in [0.15, 0.2) is 28.7 Å². The van der Waals surface area contributed by atoms with Crippen molar-refractivity contribution in [3.63, 3.8) is 0 Å². The molecule has 0 atom stereocenters. The molecule has 0 amide bonds. The van der Waals surface area contributed by atoms with Crippen LogP contribution in [-0.2, 0) is 6.54 Å². The molecule has 1 aliphatic rings. The molecule has 0 saturated heterocycles. The largest absolute Gasteiger partial charge is 0.418 e. The molecule has 1 N–H and O–H groups in total. The van der Waals surface area contributed by atoms with Gasteiger partial charge in [-0.05, 0) is 31.9 Å². The van der Waals surface area contributed by atoms with E-state index in [-0.39, 0.29) is 0 Å². The fourth-order valence-corrected chi connectivity index (χ4v) is 4.73. The summed E-state index contributed by atoms with van der Waals surface area (Å²) >= 11 is 1.67. The van der Waals surface area contributed by atoms with Gasteiger partial charge in [0, 0.05) is 6.04 Å². The molecule has 25 heavy (non-hydrogen) atoms. The number of nitrogens with one attached hydrogen (secondary N) is 1. The van der Waals surface area contributed by atoms with Crippen LogP contribution in [-0.4, -0.2) is 25.6 Å². The minimum absolute atomic E-state index is 0.539. The molecule has 0 bridgehead atoms. The van der Waals surface area contributed by atoms with E-state index in [9.17, 15) is 0 Å². The average molecular weight is 353 g/mol. The van der Waals surface area contributed by atoms with E-state index in [1.165, 1.54) is 30.4 Å². The van der Waals surface area contributed by atoms with Gasteiger partial charge >= 0.3 is 0 Å². The first kappa shape index (κ1) is 15.0. The summed E-state index contributed by atoms with van der Waals surface area (Å²) in [6.45, 7) is 2.62. The van der Waals surface area contributed by atoms with Gasteiger partial charge in [-0.25, -0.2) is 4.98 Å². The number of hydrogen-bond acceptors (Lipinski definition) is 6. The van der Waals surface area contributed by atoms with Gasteiger partial charge in [0.2, 0.25) is 5.89 Å². The normalized spacial score (nSPS) is 15.7. The summed E-state index contributed by atoms with van der Waals surface area (Å²) in [6, 6.07) is 8.88. The Labute approximate surface area is 148 Å². The summed E-state index contributed by atoms with van der Waals surface area (Å²) in [5, 5.41) is 12.0. The number of thiazole rings is 1. The number of nitrogens with zero attached hydrogens (tertiary/aromatic N) is 4. The smallest absolute Gasteiger partial charge is 0.266 e. The number of aryl methyl sites for hydroxylation is 1. The summed E-state index contributed by atoms with van der Waals surface area (Å²) in [5.74, 6) is 1.17. The summed E-state index contributed by atoms with van der Waals surface area (Å²) in [6.07, 6.45) is 5.10. The van der Waals surface area contributed by atoms with Gasteiger partial charge in [0.15, 0.2) is 4.96 Å². The molecule has 1 aliphatic carbocycles. The van der Waals surface area contributed by atoms with Crippen molar-refractivity contribution in [3.8, 4) is 11.6 Å². The van der Waals surface area contributed by atoms with Crippen LogP contribution in [0.3, 0.4) is 0 Å². The zero-order valence-electron chi connectivity index (χ0n) is 14.0. The SMILES string of the molecule is Cc1nc2sc3ccccc3n2c1-c1nnc(CNC2CCCC2)o1. The summed E-state index contributed by atoms with van der Waals surface area (Å²) in [7, 11) is 0. The molecule has 7 heteroatoms. The van der Waals surface area contributed by atoms with Gasteiger partial charge < -0.3 is 9.73 Å². The number of hydrogen-bond donors (Lipinski definition) is 1. The van der Waals surface area contributed by atoms with Gasteiger partial charge in [0.05, 0.1) is 22.5 Å². The van der Waals surface area contributed by atoms with E-state index in [0.717, 1.165) is 21.9 Å². The van der Waals surface area contributed by atoms with Crippen LogP contribution in [0, 0.1) is 6.92 Å². The summed E-state index contributed by atoms with van der Waals surface area (Å²) in [5.41, 5.74) is 2.94. The molecule has 5 rings (SSSR count). The lowest BCUT2D eigenvalue weighted by Crippen LogP contribution is -2.25. The Morgan fingerprint density at radius 3 is 2.96 bits per heavy atom. The second-order valence-corrected chi connectivity index (χ2v) is 7.61. The van der Waals surface area contributed by atoms with Crippen LogP contribution in [0.25, 0.3) is 26.8 Å². The number of benzene rings is 1. The van der Waals surface area contributed by atoms with Crippen molar-refractivity contribution in [3.05, 3.63) is 35.9 Å². The Kier molecular flexibility index (Phi) is 3.57. The highest BCUT2D eigenvalue weighted by Crippen LogP contribution is 2.33. The minimum Gasteiger partial charge on any atom is -0.418 e. The molecule has 3 aromatic heterocycles. The van der Waals surface area contributed by atoms with Gasteiger partial charge in [-0.1, -0.05) is 36.3 Å². The summed E-state index contributed by atoms with van der Waals surface area (Å²) in [4.78, 5) is 5.64. The Morgan fingerprint density at radius 2 is 2.08 bits per heavy atom. The lowest BCUT2D eigenvalue weighted by atomic mass is 10.2. The minimum atomic E-state index is 0.539. The average Bonchev–Trinajstić information content (AvgIpc) is 3.37. The zero-order valence-corrected chi connectivity index (χ0v) is 14.8.